The summed E-state index contributed by atoms with van der Waals surface area (Å²) < 4.78 is 13.6. The van der Waals surface area contributed by atoms with E-state index >= 15 is 0 Å². The van der Waals surface area contributed by atoms with Crippen LogP contribution in [0.2, 0.25) is 0 Å². The summed E-state index contributed by atoms with van der Waals surface area (Å²) in [4.78, 5) is 4.71. The first kappa shape index (κ1) is 11.9. The Balaban J connectivity index is 1.73. The molecule has 1 saturated heterocycles. The molecule has 0 spiro atoms. The SMILES string of the molecule is OCc1c(F)cccc1N1CCN(C2CC2)CC1. The Morgan fingerprint density at radius 3 is 2.50 bits per heavy atom. The summed E-state index contributed by atoms with van der Waals surface area (Å²) in [5.41, 5.74) is 1.28. The van der Waals surface area contributed by atoms with Crippen molar-refractivity contribution < 1.29 is 9.50 Å². The lowest BCUT2D eigenvalue weighted by atomic mass is 10.1. The monoisotopic (exact) mass is 250 g/mol. The van der Waals surface area contributed by atoms with Crippen molar-refractivity contribution in [3.63, 3.8) is 0 Å². The third-order valence-electron chi connectivity index (χ3n) is 3.97. The van der Waals surface area contributed by atoms with Gasteiger partial charge in [0.15, 0.2) is 0 Å². The fourth-order valence-electron chi connectivity index (χ4n) is 2.77. The van der Waals surface area contributed by atoms with Gasteiger partial charge in [-0.25, -0.2) is 4.39 Å². The topological polar surface area (TPSA) is 26.7 Å². The Morgan fingerprint density at radius 2 is 1.89 bits per heavy atom. The summed E-state index contributed by atoms with van der Waals surface area (Å²) in [5.74, 6) is -0.306. The maximum atomic E-state index is 13.6. The van der Waals surface area contributed by atoms with Gasteiger partial charge in [-0.2, -0.15) is 0 Å². The van der Waals surface area contributed by atoms with E-state index in [2.05, 4.69) is 9.80 Å². The van der Waals surface area contributed by atoms with E-state index < -0.39 is 0 Å². The van der Waals surface area contributed by atoms with Crippen molar-refractivity contribution in [1.29, 1.82) is 0 Å². The van der Waals surface area contributed by atoms with Gasteiger partial charge in [-0.05, 0) is 25.0 Å². The number of aliphatic hydroxyl groups excluding tert-OH is 1. The molecule has 1 saturated carbocycles. The van der Waals surface area contributed by atoms with E-state index in [4.69, 9.17) is 0 Å². The van der Waals surface area contributed by atoms with Crippen LogP contribution < -0.4 is 4.90 Å². The average molecular weight is 250 g/mol. The lowest BCUT2D eigenvalue weighted by Crippen LogP contribution is -2.47. The first-order valence-electron chi connectivity index (χ1n) is 6.67. The third-order valence-corrected chi connectivity index (χ3v) is 3.97. The number of hydrogen-bond donors (Lipinski definition) is 1. The second kappa shape index (κ2) is 4.86. The zero-order valence-electron chi connectivity index (χ0n) is 10.5. The van der Waals surface area contributed by atoms with Crippen LogP contribution in [0.25, 0.3) is 0 Å². The molecule has 1 N–H and O–H groups in total. The molecular formula is C14H19FN2O. The number of piperazine rings is 1. The van der Waals surface area contributed by atoms with Gasteiger partial charge in [0.1, 0.15) is 5.82 Å². The van der Waals surface area contributed by atoms with Crippen LogP contribution >= 0.6 is 0 Å². The minimum Gasteiger partial charge on any atom is -0.391 e. The van der Waals surface area contributed by atoms with Gasteiger partial charge in [0, 0.05) is 43.5 Å². The number of nitrogens with zero attached hydrogens (tertiary/aromatic N) is 2. The number of hydrogen-bond acceptors (Lipinski definition) is 3. The third kappa shape index (κ3) is 2.22. The first-order valence-corrected chi connectivity index (χ1v) is 6.67. The highest BCUT2D eigenvalue weighted by molar-refractivity contribution is 5.54. The molecular weight excluding hydrogens is 231 g/mol. The van der Waals surface area contributed by atoms with Crippen molar-refractivity contribution in [2.24, 2.45) is 0 Å². The van der Waals surface area contributed by atoms with Gasteiger partial charge in [0.2, 0.25) is 0 Å². The van der Waals surface area contributed by atoms with Gasteiger partial charge in [0.25, 0.3) is 0 Å². The van der Waals surface area contributed by atoms with Crippen molar-refractivity contribution in [1.82, 2.24) is 4.90 Å². The molecule has 1 heterocycles. The molecule has 4 heteroatoms. The van der Waals surface area contributed by atoms with Crippen LogP contribution in [0.3, 0.4) is 0 Å². The summed E-state index contributed by atoms with van der Waals surface area (Å²) in [6.07, 6.45) is 2.67. The minimum absolute atomic E-state index is 0.231. The zero-order valence-corrected chi connectivity index (χ0v) is 10.5. The van der Waals surface area contributed by atoms with Crippen molar-refractivity contribution >= 4 is 5.69 Å². The summed E-state index contributed by atoms with van der Waals surface area (Å²) in [6.45, 7) is 3.71. The van der Waals surface area contributed by atoms with Crippen LogP contribution in [0.5, 0.6) is 0 Å². The van der Waals surface area contributed by atoms with Crippen LogP contribution in [0.15, 0.2) is 18.2 Å². The standard InChI is InChI=1S/C14H19FN2O/c15-13-2-1-3-14(12(13)10-18)17-8-6-16(7-9-17)11-4-5-11/h1-3,11,18H,4-10H2. The molecule has 0 atom stereocenters. The van der Waals surface area contributed by atoms with Crippen molar-refractivity contribution in [2.75, 3.05) is 31.1 Å². The molecule has 0 bridgehead atoms. The molecule has 3 nitrogen and oxygen atoms in total. The largest absolute Gasteiger partial charge is 0.391 e. The van der Waals surface area contributed by atoms with Gasteiger partial charge in [-0.3, -0.25) is 4.90 Å². The molecule has 1 aromatic rings. The molecule has 1 aliphatic heterocycles. The van der Waals surface area contributed by atoms with E-state index in [1.165, 1.54) is 18.9 Å². The predicted octanol–water partition coefficient (Wildman–Crippen LogP) is 1.60. The summed E-state index contributed by atoms with van der Waals surface area (Å²) in [6, 6.07) is 5.84. The number of rotatable bonds is 3. The number of benzene rings is 1. The Kier molecular flexibility index (Phi) is 3.22. The van der Waals surface area contributed by atoms with E-state index in [0.29, 0.717) is 5.56 Å². The first-order chi connectivity index (χ1) is 8.79. The normalized spacial score (nSPS) is 21.3. The number of aliphatic hydroxyl groups is 1. The fraction of sp³-hybridized carbons (Fsp3) is 0.571. The highest BCUT2D eigenvalue weighted by atomic mass is 19.1. The van der Waals surface area contributed by atoms with E-state index in [1.54, 1.807) is 6.07 Å². The molecule has 2 fully saturated rings. The van der Waals surface area contributed by atoms with Gasteiger partial charge < -0.3 is 10.0 Å². The molecule has 0 radical (unpaired) electrons. The smallest absolute Gasteiger partial charge is 0.130 e. The van der Waals surface area contributed by atoms with Gasteiger partial charge in [-0.1, -0.05) is 6.07 Å². The summed E-state index contributed by atoms with van der Waals surface area (Å²) in [5, 5.41) is 9.30. The molecule has 0 amide bonds. The Labute approximate surface area is 107 Å². The molecule has 1 aliphatic carbocycles. The van der Waals surface area contributed by atoms with Crippen LogP contribution in [-0.2, 0) is 6.61 Å². The summed E-state index contributed by atoms with van der Waals surface area (Å²) >= 11 is 0. The highest BCUT2D eigenvalue weighted by Gasteiger charge is 2.31. The van der Waals surface area contributed by atoms with Crippen LogP contribution in [-0.4, -0.2) is 42.2 Å². The summed E-state index contributed by atoms with van der Waals surface area (Å²) in [7, 11) is 0. The second-order valence-electron chi connectivity index (χ2n) is 5.15. The minimum atomic E-state index is -0.306. The van der Waals surface area contributed by atoms with Crippen LogP contribution in [0.1, 0.15) is 18.4 Å². The lowest BCUT2D eigenvalue weighted by Gasteiger charge is -2.37. The van der Waals surface area contributed by atoms with E-state index in [-0.39, 0.29) is 12.4 Å². The molecule has 0 aromatic heterocycles. The number of halogens is 1. The molecule has 0 unspecified atom stereocenters. The van der Waals surface area contributed by atoms with Gasteiger partial charge in [0.05, 0.1) is 6.61 Å². The lowest BCUT2D eigenvalue weighted by molar-refractivity contribution is 0.246. The molecule has 3 rings (SSSR count). The molecule has 18 heavy (non-hydrogen) atoms. The Hall–Kier alpha value is -1.13. The van der Waals surface area contributed by atoms with E-state index in [1.807, 2.05) is 6.07 Å². The maximum absolute atomic E-state index is 13.6. The fourth-order valence-corrected chi connectivity index (χ4v) is 2.77. The Morgan fingerprint density at radius 1 is 1.17 bits per heavy atom. The zero-order chi connectivity index (χ0) is 12.5. The average Bonchev–Trinajstić information content (AvgIpc) is 3.23. The van der Waals surface area contributed by atoms with Gasteiger partial charge in [-0.15, -0.1) is 0 Å². The van der Waals surface area contributed by atoms with E-state index in [9.17, 15) is 9.50 Å². The van der Waals surface area contributed by atoms with E-state index in [0.717, 1.165) is 37.9 Å². The highest BCUT2D eigenvalue weighted by Crippen LogP contribution is 2.30. The van der Waals surface area contributed by atoms with Crippen molar-refractivity contribution in [3.8, 4) is 0 Å². The Bertz CT molecular complexity index is 426. The quantitative estimate of drug-likeness (QED) is 0.882. The molecule has 98 valence electrons. The van der Waals surface area contributed by atoms with Crippen LogP contribution in [0, 0.1) is 5.82 Å². The van der Waals surface area contributed by atoms with Crippen LogP contribution in [0.4, 0.5) is 10.1 Å². The van der Waals surface area contributed by atoms with Gasteiger partial charge >= 0.3 is 0 Å². The van der Waals surface area contributed by atoms with Crippen molar-refractivity contribution in [3.05, 3.63) is 29.6 Å². The predicted molar refractivity (Wildman–Crippen MR) is 69.1 cm³/mol. The molecule has 1 aromatic carbocycles. The maximum Gasteiger partial charge on any atom is 0.130 e. The molecule has 2 aliphatic rings. The second-order valence-corrected chi connectivity index (χ2v) is 5.15. The van der Waals surface area contributed by atoms with Crippen molar-refractivity contribution in [2.45, 2.75) is 25.5 Å². The number of anilines is 1.